The van der Waals surface area contributed by atoms with Crippen molar-refractivity contribution in [2.75, 3.05) is 7.05 Å². The number of hydrogen-bond donors (Lipinski definition) is 1. The van der Waals surface area contributed by atoms with Gasteiger partial charge in [-0.1, -0.05) is 42.5 Å². The Hall–Kier alpha value is -1.80. The van der Waals surface area contributed by atoms with Crippen molar-refractivity contribution in [2.45, 2.75) is 13.1 Å². The molecule has 0 unspecified atom stereocenters. The number of hydrogen-bond acceptors (Lipinski definition) is 2. The van der Waals surface area contributed by atoms with E-state index >= 15 is 0 Å². The van der Waals surface area contributed by atoms with Gasteiger partial charge >= 0.3 is 0 Å². The van der Waals surface area contributed by atoms with Gasteiger partial charge in [0.1, 0.15) is 5.75 Å². The number of benzene rings is 2. The Morgan fingerprint density at radius 3 is 2.53 bits per heavy atom. The van der Waals surface area contributed by atoms with Gasteiger partial charge in [-0.3, -0.25) is 4.90 Å². The van der Waals surface area contributed by atoms with E-state index in [9.17, 15) is 5.11 Å². The van der Waals surface area contributed by atoms with Crippen molar-refractivity contribution in [2.24, 2.45) is 0 Å². The average molecular weight is 226 g/mol. The molecule has 0 saturated carbocycles. The molecule has 87 valence electrons. The van der Waals surface area contributed by atoms with Crippen LogP contribution in [0.3, 0.4) is 0 Å². The maximum absolute atomic E-state index is 9.67. The molecule has 1 radical (unpaired) electrons. The second-order valence-corrected chi connectivity index (χ2v) is 4.19. The molecule has 0 fully saturated rings. The van der Waals surface area contributed by atoms with E-state index in [-0.39, 0.29) is 0 Å². The van der Waals surface area contributed by atoms with E-state index in [1.54, 1.807) is 12.1 Å². The van der Waals surface area contributed by atoms with Gasteiger partial charge in [0, 0.05) is 18.7 Å². The first-order chi connectivity index (χ1) is 8.25. The minimum absolute atomic E-state index is 0.312. The normalized spacial score (nSPS) is 10.7. The van der Waals surface area contributed by atoms with Gasteiger partial charge < -0.3 is 5.11 Å². The van der Waals surface area contributed by atoms with Crippen molar-refractivity contribution in [3.8, 4) is 5.75 Å². The summed E-state index contributed by atoms with van der Waals surface area (Å²) in [5.74, 6) is 0.312. The highest BCUT2D eigenvalue weighted by molar-refractivity contribution is 5.30. The Kier molecular flexibility index (Phi) is 3.78. The molecule has 1 N–H and O–H groups in total. The van der Waals surface area contributed by atoms with Gasteiger partial charge in [0.05, 0.1) is 0 Å². The minimum atomic E-state index is 0.312. The zero-order valence-corrected chi connectivity index (χ0v) is 9.93. The summed E-state index contributed by atoms with van der Waals surface area (Å²) in [6, 6.07) is 18.7. The molecule has 2 nitrogen and oxygen atoms in total. The van der Waals surface area contributed by atoms with Gasteiger partial charge in [-0.15, -0.1) is 0 Å². The highest BCUT2D eigenvalue weighted by Gasteiger charge is 2.05. The fraction of sp³-hybridized carbons (Fsp3) is 0.200. The highest BCUT2D eigenvalue weighted by Crippen LogP contribution is 2.17. The first-order valence-corrected chi connectivity index (χ1v) is 5.67. The predicted molar refractivity (Wildman–Crippen MR) is 68.6 cm³/mol. The molecule has 0 bridgehead atoms. The number of rotatable bonds is 4. The molecule has 0 saturated heterocycles. The predicted octanol–water partition coefficient (Wildman–Crippen LogP) is 2.82. The summed E-state index contributed by atoms with van der Waals surface area (Å²) >= 11 is 0. The molecule has 0 aromatic heterocycles. The number of phenols is 1. The van der Waals surface area contributed by atoms with Crippen LogP contribution in [0.15, 0.2) is 48.5 Å². The van der Waals surface area contributed by atoms with E-state index in [2.05, 4.69) is 23.1 Å². The number of nitrogens with zero attached hydrogens (tertiary/aromatic N) is 1. The van der Waals surface area contributed by atoms with Gasteiger partial charge in [0.25, 0.3) is 0 Å². The zero-order valence-electron chi connectivity index (χ0n) is 9.93. The summed E-state index contributed by atoms with van der Waals surface area (Å²) in [5, 5.41) is 9.67. The highest BCUT2D eigenvalue weighted by atomic mass is 16.3. The van der Waals surface area contributed by atoms with E-state index < -0.39 is 0 Å². The summed E-state index contributed by atoms with van der Waals surface area (Å²) in [6.45, 7) is 1.56. The maximum Gasteiger partial charge on any atom is 0.120 e. The molecule has 2 rings (SSSR count). The molecule has 0 heterocycles. The first kappa shape index (κ1) is 11.7. The third-order valence-electron chi connectivity index (χ3n) is 2.64. The summed E-state index contributed by atoms with van der Waals surface area (Å²) in [4.78, 5) is 2.15. The number of phenolic OH excluding ortho intramolecular Hbond substituents is 1. The van der Waals surface area contributed by atoms with Crippen LogP contribution in [-0.2, 0) is 13.1 Å². The lowest BCUT2D eigenvalue weighted by atomic mass is 10.1. The monoisotopic (exact) mass is 226 g/mol. The van der Waals surface area contributed by atoms with Crippen LogP contribution in [0, 0.1) is 6.07 Å². The van der Waals surface area contributed by atoms with Crippen LogP contribution in [-0.4, -0.2) is 17.1 Å². The summed E-state index contributed by atoms with van der Waals surface area (Å²) in [5.41, 5.74) is 2.11. The van der Waals surface area contributed by atoms with Crippen LogP contribution in [0.4, 0.5) is 0 Å². The Balaban J connectivity index is 1.98. The zero-order chi connectivity index (χ0) is 12.1. The van der Waals surface area contributed by atoms with Crippen molar-refractivity contribution >= 4 is 0 Å². The van der Waals surface area contributed by atoms with Gasteiger partial charge in [0.2, 0.25) is 0 Å². The third kappa shape index (κ3) is 3.33. The molecule has 0 aliphatic carbocycles. The van der Waals surface area contributed by atoms with Crippen molar-refractivity contribution < 1.29 is 5.11 Å². The SMILES string of the molecule is CN(Cc1ccccc1)Cc1[c]cccc1O. The van der Waals surface area contributed by atoms with Crippen molar-refractivity contribution in [3.63, 3.8) is 0 Å². The lowest BCUT2D eigenvalue weighted by Crippen LogP contribution is -2.17. The van der Waals surface area contributed by atoms with Gasteiger partial charge in [-0.2, -0.15) is 0 Å². The standard InChI is InChI=1S/C15H16NO/c1-16(11-13-7-3-2-4-8-13)12-14-9-5-6-10-15(14)17/h2-8,10,17H,11-12H2,1H3. The molecule has 0 amide bonds. The van der Waals surface area contributed by atoms with E-state index in [0.717, 1.165) is 12.1 Å². The molecule has 0 spiro atoms. The lowest BCUT2D eigenvalue weighted by molar-refractivity contribution is 0.312. The van der Waals surface area contributed by atoms with E-state index in [1.165, 1.54) is 5.56 Å². The van der Waals surface area contributed by atoms with Crippen molar-refractivity contribution in [3.05, 3.63) is 65.7 Å². The Morgan fingerprint density at radius 2 is 1.82 bits per heavy atom. The molecule has 17 heavy (non-hydrogen) atoms. The van der Waals surface area contributed by atoms with Crippen molar-refractivity contribution in [1.29, 1.82) is 0 Å². The van der Waals surface area contributed by atoms with E-state index in [4.69, 9.17) is 0 Å². The first-order valence-electron chi connectivity index (χ1n) is 5.67. The topological polar surface area (TPSA) is 23.5 Å². The fourth-order valence-corrected chi connectivity index (χ4v) is 1.81. The third-order valence-corrected chi connectivity index (χ3v) is 2.64. The van der Waals surface area contributed by atoms with Crippen molar-refractivity contribution in [1.82, 2.24) is 4.90 Å². The molecule has 0 atom stereocenters. The average Bonchev–Trinajstić information content (AvgIpc) is 2.33. The largest absolute Gasteiger partial charge is 0.508 e. The van der Waals surface area contributed by atoms with Crippen LogP contribution in [0.1, 0.15) is 11.1 Å². The molecular formula is C15H16NO. The summed E-state index contributed by atoms with van der Waals surface area (Å²) in [6.07, 6.45) is 0. The molecule has 2 heteroatoms. The Morgan fingerprint density at radius 1 is 1.06 bits per heavy atom. The Labute approximate surface area is 102 Å². The second kappa shape index (κ2) is 5.51. The van der Waals surface area contributed by atoms with Gasteiger partial charge in [-0.25, -0.2) is 0 Å². The minimum Gasteiger partial charge on any atom is -0.508 e. The lowest BCUT2D eigenvalue weighted by Gasteiger charge is -2.17. The number of aromatic hydroxyl groups is 1. The van der Waals surface area contributed by atoms with Crippen LogP contribution < -0.4 is 0 Å². The molecule has 2 aromatic carbocycles. The summed E-state index contributed by atoms with van der Waals surface area (Å²) < 4.78 is 0. The van der Waals surface area contributed by atoms with E-state index in [0.29, 0.717) is 12.3 Å². The van der Waals surface area contributed by atoms with Crippen LogP contribution in [0.2, 0.25) is 0 Å². The molecule has 0 aliphatic heterocycles. The van der Waals surface area contributed by atoms with E-state index in [1.807, 2.05) is 31.3 Å². The van der Waals surface area contributed by atoms with Crippen LogP contribution in [0.5, 0.6) is 5.75 Å². The van der Waals surface area contributed by atoms with Crippen LogP contribution in [0.25, 0.3) is 0 Å². The summed E-state index contributed by atoms with van der Waals surface area (Å²) in [7, 11) is 2.04. The molecular weight excluding hydrogens is 210 g/mol. The molecule has 2 aromatic rings. The molecule has 0 aliphatic rings. The smallest absolute Gasteiger partial charge is 0.120 e. The fourth-order valence-electron chi connectivity index (χ4n) is 1.81. The van der Waals surface area contributed by atoms with Gasteiger partial charge in [0.15, 0.2) is 0 Å². The second-order valence-electron chi connectivity index (χ2n) is 4.19. The van der Waals surface area contributed by atoms with Crippen LogP contribution >= 0.6 is 0 Å². The maximum atomic E-state index is 9.67. The van der Waals surface area contributed by atoms with Gasteiger partial charge in [-0.05, 0) is 24.7 Å². The quantitative estimate of drug-likeness (QED) is 0.866. The Bertz CT molecular complexity index is 467.